The van der Waals surface area contributed by atoms with Crippen LogP contribution in [0.2, 0.25) is 0 Å². The molecule has 1 rings (SSSR count). The molecule has 0 aromatic carbocycles. The standard InChI is InChI=1S/C6H6O.C2H4O5/c7-6-4-2-1-3-5-6;3-1(4)2(5,6)7/h1-4H,5H2;5-7H,(H,3,4). The Labute approximate surface area is 79.4 Å². The molecule has 0 aromatic rings. The molecule has 0 heterocycles. The van der Waals surface area contributed by atoms with Crippen molar-refractivity contribution in [3.05, 3.63) is 24.3 Å². The van der Waals surface area contributed by atoms with E-state index in [0.717, 1.165) is 0 Å². The number of aliphatic carboxylic acids is 1. The number of hydrogen-bond acceptors (Lipinski definition) is 5. The van der Waals surface area contributed by atoms with Crippen LogP contribution in [0.5, 0.6) is 0 Å². The summed E-state index contributed by atoms with van der Waals surface area (Å²) < 4.78 is 0. The molecule has 14 heavy (non-hydrogen) atoms. The first kappa shape index (κ1) is 12.5. The first-order valence-electron chi connectivity index (χ1n) is 3.60. The van der Waals surface area contributed by atoms with Crippen molar-refractivity contribution in [1.82, 2.24) is 0 Å². The minimum absolute atomic E-state index is 0.197. The lowest BCUT2D eigenvalue weighted by Crippen LogP contribution is -2.37. The van der Waals surface area contributed by atoms with Crippen molar-refractivity contribution in [3.63, 3.8) is 0 Å². The second-order valence-electron chi connectivity index (χ2n) is 2.40. The Kier molecular flexibility index (Phi) is 4.71. The molecule has 78 valence electrons. The molecule has 0 amide bonds. The van der Waals surface area contributed by atoms with Crippen molar-refractivity contribution >= 4 is 11.8 Å². The fourth-order valence-corrected chi connectivity index (χ4v) is 0.494. The van der Waals surface area contributed by atoms with Crippen molar-refractivity contribution in [2.75, 3.05) is 0 Å². The maximum absolute atomic E-state index is 10.3. The zero-order chi connectivity index (χ0) is 11.2. The van der Waals surface area contributed by atoms with E-state index in [4.69, 9.17) is 20.4 Å². The van der Waals surface area contributed by atoms with Gasteiger partial charge < -0.3 is 20.4 Å². The number of allylic oxidation sites excluding steroid dienone is 4. The van der Waals surface area contributed by atoms with Crippen LogP contribution in [0.4, 0.5) is 0 Å². The van der Waals surface area contributed by atoms with Crippen LogP contribution in [0.15, 0.2) is 24.3 Å². The first-order chi connectivity index (χ1) is 6.34. The SMILES string of the molecule is O=C(O)C(O)(O)O.O=C1C=CC=CC1. The highest BCUT2D eigenvalue weighted by molar-refractivity contribution is 5.92. The minimum atomic E-state index is -3.58. The van der Waals surface area contributed by atoms with E-state index < -0.39 is 11.9 Å². The van der Waals surface area contributed by atoms with Crippen molar-refractivity contribution in [2.45, 2.75) is 12.4 Å². The lowest BCUT2D eigenvalue weighted by atomic mass is 10.2. The van der Waals surface area contributed by atoms with E-state index in [0.29, 0.717) is 6.42 Å². The third-order valence-corrected chi connectivity index (χ3v) is 1.14. The van der Waals surface area contributed by atoms with E-state index in [1.807, 2.05) is 12.2 Å². The highest BCUT2D eigenvalue weighted by Gasteiger charge is 2.28. The van der Waals surface area contributed by atoms with Crippen molar-refractivity contribution in [3.8, 4) is 0 Å². The molecule has 1 aliphatic rings. The molecule has 0 bridgehead atoms. The Morgan fingerprint density at radius 3 is 1.93 bits per heavy atom. The molecule has 4 N–H and O–H groups in total. The monoisotopic (exact) mass is 202 g/mol. The van der Waals surface area contributed by atoms with Crippen LogP contribution in [0, 0.1) is 0 Å². The summed E-state index contributed by atoms with van der Waals surface area (Å²) in [6, 6.07) is 0. The molecule has 1 aliphatic carbocycles. The van der Waals surface area contributed by atoms with Gasteiger partial charge in [-0.25, -0.2) is 4.79 Å². The van der Waals surface area contributed by atoms with Gasteiger partial charge in [-0.05, 0) is 6.08 Å². The van der Waals surface area contributed by atoms with E-state index in [-0.39, 0.29) is 5.78 Å². The first-order valence-corrected chi connectivity index (χ1v) is 3.60. The second kappa shape index (κ2) is 5.28. The van der Waals surface area contributed by atoms with Gasteiger partial charge in [-0.3, -0.25) is 4.79 Å². The molecule has 0 fully saturated rings. The molecule has 0 aromatic heterocycles. The third-order valence-electron chi connectivity index (χ3n) is 1.14. The summed E-state index contributed by atoms with van der Waals surface area (Å²) in [6.45, 7) is 0. The summed E-state index contributed by atoms with van der Waals surface area (Å²) >= 11 is 0. The van der Waals surface area contributed by atoms with Crippen LogP contribution in [-0.4, -0.2) is 38.2 Å². The van der Waals surface area contributed by atoms with Crippen LogP contribution in [0.3, 0.4) is 0 Å². The summed E-state index contributed by atoms with van der Waals surface area (Å²) in [5.74, 6) is -5.48. The molecular formula is C8H10O6. The van der Waals surface area contributed by atoms with Gasteiger partial charge in [0.25, 0.3) is 0 Å². The average Bonchev–Trinajstić information content (AvgIpc) is 2.04. The molecule has 0 radical (unpaired) electrons. The number of aliphatic hydroxyl groups is 3. The number of ketones is 1. The fraction of sp³-hybridized carbons (Fsp3) is 0.250. The highest BCUT2D eigenvalue weighted by atomic mass is 16.7. The van der Waals surface area contributed by atoms with Crippen LogP contribution >= 0.6 is 0 Å². The smallest absolute Gasteiger partial charge is 0.395 e. The second-order valence-corrected chi connectivity index (χ2v) is 2.40. The predicted molar refractivity (Wildman–Crippen MR) is 44.9 cm³/mol. The molecule has 6 heteroatoms. The lowest BCUT2D eigenvalue weighted by molar-refractivity contribution is -0.300. The van der Waals surface area contributed by atoms with Crippen molar-refractivity contribution in [2.24, 2.45) is 0 Å². The van der Waals surface area contributed by atoms with Gasteiger partial charge in [0.05, 0.1) is 0 Å². The summed E-state index contributed by atoms with van der Waals surface area (Å²) in [5, 5.41) is 30.3. The molecular weight excluding hydrogens is 192 g/mol. The Balaban J connectivity index is 0.000000241. The van der Waals surface area contributed by atoms with E-state index >= 15 is 0 Å². The lowest BCUT2D eigenvalue weighted by Gasteiger charge is -2.04. The number of carboxylic acids is 1. The van der Waals surface area contributed by atoms with E-state index in [2.05, 4.69) is 0 Å². The molecule has 0 spiro atoms. The van der Waals surface area contributed by atoms with Gasteiger partial charge >= 0.3 is 11.9 Å². The number of carbonyl (C=O) groups is 2. The third kappa shape index (κ3) is 6.06. The molecule has 0 atom stereocenters. The zero-order valence-corrected chi connectivity index (χ0v) is 7.12. The van der Waals surface area contributed by atoms with Gasteiger partial charge in [0, 0.05) is 6.42 Å². The summed E-state index contributed by atoms with van der Waals surface area (Å²) in [6.07, 6.45) is 7.64. The number of carbonyl (C=O) groups excluding carboxylic acids is 1. The number of carboxylic acid groups (broad SMARTS) is 1. The van der Waals surface area contributed by atoms with Gasteiger partial charge in [0.15, 0.2) is 5.78 Å². The summed E-state index contributed by atoms with van der Waals surface area (Å²) in [7, 11) is 0. The quantitative estimate of drug-likeness (QED) is 0.396. The molecule has 0 saturated carbocycles. The Hall–Kier alpha value is -1.50. The average molecular weight is 202 g/mol. The van der Waals surface area contributed by atoms with Crippen LogP contribution < -0.4 is 0 Å². The Morgan fingerprint density at radius 2 is 1.79 bits per heavy atom. The predicted octanol–water partition coefficient (Wildman–Crippen LogP) is -1.23. The molecule has 0 aliphatic heterocycles. The fourth-order valence-electron chi connectivity index (χ4n) is 0.494. The minimum Gasteiger partial charge on any atom is -0.475 e. The van der Waals surface area contributed by atoms with Gasteiger partial charge in [0.1, 0.15) is 0 Å². The highest BCUT2D eigenvalue weighted by Crippen LogP contribution is 1.94. The number of hydrogen-bond donors (Lipinski definition) is 4. The maximum Gasteiger partial charge on any atom is 0.395 e. The maximum atomic E-state index is 10.3. The van der Waals surface area contributed by atoms with Crippen molar-refractivity contribution in [1.29, 1.82) is 0 Å². The zero-order valence-electron chi connectivity index (χ0n) is 7.12. The van der Waals surface area contributed by atoms with Gasteiger partial charge in [-0.2, -0.15) is 0 Å². The summed E-state index contributed by atoms with van der Waals surface area (Å²) in [4.78, 5) is 19.6. The normalized spacial score (nSPS) is 14.6. The van der Waals surface area contributed by atoms with Gasteiger partial charge in [-0.1, -0.05) is 18.2 Å². The van der Waals surface area contributed by atoms with E-state index in [1.165, 1.54) is 0 Å². The number of rotatable bonds is 1. The van der Waals surface area contributed by atoms with E-state index in [9.17, 15) is 9.59 Å². The topological polar surface area (TPSA) is 115 Å². The van der Waals surface area contributed by atoms with Crippen LogP contribution in [0.1, 0.15) is 6.42 Å². The van der Waals surface area contributed by atoms with Crippen LogP contribution in [0.25, 0.3) is 0 Å². The van der Waals surface area contributed by atoms with E-state index in [1.54, 1.807) is 12.2 Å². The largest absolute Gasteiger partial charge is 0.475 e. The van der Waals surface area contributed by atoms with Gasteiger partial charge in [0.2, 0.25) is 0 Å². The molecule has 0 unspecified atom stereocenters. The molecule has 6 nitrogen and oxygen atoms in total. The van der Waals surface area contributed by atoms with Crippen molar-refractivity contribution < 1.29 is 30.0 Å². The Morgan fingerprint density at radius 1 is 1.29 bits per heavy atom. The summed E-state index contributed by atoms with van der Waals surface area (Å²) in [5.41, 5.74) is 0. The van der Waals surface area contributed by atoms with Gasteiger partial charge in [-0.15, -0.1) is 0 Å². The van der Waals surface area contributed by atoms with Crippen LogP contribution in [-0.2, 0) is 9.59 Å². The Bertz CT molecular complexity index is 270. The molecule has 0 saturated heterocycles.